The molecule has 0 aliphatic carbocycles. The highest BCUT2D eigenvalue weighted by atomic mass is 79.9. The van der Waals surface area contributed by atoms with E-state index in [2.05, 4.69) is 21.0 Å². The van der Waals surface area contributed by atoms with Gasteiger partial charge in [0.15, 0.2) is 12.0 Å². The Bertz CT molecular complexity index is 1110. The molecule has 1 aromatic heterocycles. The molecule has 1 atom stereocenters. The number of aromatic nitrogens is 2. The summed E-state index contributed by atoms with van der Waals surface area (Å²) in [4.78, 5) is 11.9. The van der Waals surface area contributed by atoms with Crippen LogP contribution in [0.3, 0.4) is 0 Å². The summed E-state index contributed by atoms with van der Waals surface area (Å²) in [6, 6.07) is 6.57. The van der Waals surface area contributed by atoms with Crippen molar-refractivity contribution in [3.63, 3.8) is 0 Å². The van der Waals surface area contributed by atoms with Crippen molar-refractivity contribution in [1.29, 1.82) is 0 Å². The molecule has 2 N–H and O–H groups in total. The summed E-state index contributed by atoms with van der Waals surface area (Å²) in [5.41, 5.74) is 6.16. The zero-order valence-electron chi connectivity index (χ0n) is 15.6. The third kappa shape index (κ3) is 3.89. The molecule has 158 valence electrons. The highest BCUT2D eigenvalue weighted by Gasteiger charge is 2.27. The monoisotopic (exact) mass is 483 g/mol. The van der Waals surface area contributed by atoms with Crippen LogP contribution in [-0.2, 0) is 4.74 Å². The van der Waals surface area contributed by atoms with Crippen LogP contribution in [0.25, 0.3) is 22.2 Å². The molecule has 0 spiro atoms. The quantitative estimate of drug-likeness (QED) is 0.553. The molecule has 0 saturated carbocycles. The number of carbonyl (C=O) groups excluding carboxylic acids is 1. The Kier molecular flexibility index (Phi) is 5.70. The van der Waals surface area contributed by atoms with Gasteiger partial charge in [-0.15, -0.1) is 0 Å². The average Bonchev–Trinajstić information content (AvgIpc) is 3.07. The van der Waals surface area contributed by atoms with Crippen molar-refractivity contribution < 1.29 is 27.4 Å². The van der Waals surface area contributed by atoms with Crippen molar-refractivity contribution in [2.24, 2.45) is 5.73 Å². The minimum Gasteiger partial charge on any atom is -0.432 e. The minimum atomic E-state index is -3.06. The molecule has 1 saturated heterocycles. The van der Waals surface area contributed by atoms with Gasteiger partial charge >= 0.3 is 6.61 Å². The van der Waals surface area contributed by atoms with Gasteiger partial charge in [-0.25, -0.2) is 9.07 Å². The van der Waals surface area contributed by atoms with E-state index in [0.29, 0.717) is 22.9 Å². The van der Waals surface area contributed by atoms with E-state index >= 15 is 0 Å². The third-order valence-corrected chi connectivity index (χ3v) is 5.34. The first-order chi connectivity index (χ1) is 14.3. The third-order valence-electron chi connectivity index (χ3n) is 4.88. The Balaban J connectivity index is 2.03. The first-order valence-corrected chi connectivity index (χ1v) is 10.0. The Morgan fingerprint density at radius 3 is 2.77 bits per heavy atom. The van der Waals surface area contributed by atoms with Gasteiger partial charge in [-0.3, -0.25) is 4.79 Å². The number of halogens is 4. The number of amides is 1. The largest absolute Gasteiger partial charge is 0.432 e. The van der Waals surface area contributed by atoms with Gasteiger partial charge in [0.1, 0.15) is 17.0 Å². The highest BCUT2D eigenvalue weighted by molar-refractivity contribution is 9.10. The SMILES string of the molecule is NC(=O)c1ccc(F)cc1-c1nn(C2CCCCO2)c2c(OC(F)F)cc(Br)cc12. The minimum absolute atomic E-state index is 0.0591. The van der Waals surface area contributed by atoms with Crippen molar-refractivity contribution in [2.45, 2.75) is 32.1 Å². The molecule has 30 heavy (non-hydrogen) atoms. The topological polar surface area (TPSA) is 79.4 Å². The standard InChI is InChI=1S/C20H17BrF3N3O3/c21-10-7-14-17(13-9-11(22)4-5-12(13)19(25)28)26-27(16-3-1-2-6-29-16)18(14)15(8-10)30-20(23)24/h4-5,7-9,16,20H,1-3,6H2,(H2,25,28). The first kappa shape index (κ1) is 20.7. The zero-order valence-corrected chi connectivity index (χ0v) is 17.2. The van der Waals surface area contributed by atoms with Crippen LogP contribution in [0, 0.1) is 5.82 Å². The van der Waals surface area contributed by atoms with E-state index in [1.807, 2.05) is 0 Å². The van der Waals surface area contributed by atoms with Crippen molar-refractivity contribution in [3.05, 3.63) is 46.2 Å². The maximum Gasteiger partial charge on any atom is 0.387 e. The Morgan fingerprint density at radius 2 is 2.10 bits per heavy atom. The van der Waals surface area contributed by atoms with Gasteiger partial charge in [-0.1, -0.05) is 15.9 Å². The number of primary amides is 1. The van der Waals surface area contributed by atoms with E-state index in [1.165, 1.54) is 16.8 Å². The molecule has 1 aliphatic heterocycles. The lowest BCUT2D eigenvalue weighted by molar-refractivity contribution is -0.0517. The second kappa shape index (κ2) is 8.27. The number of nitrogens with two attached hydrogens (primary N) is 1. The van der Waals surface area contributed by atoms with Gasteiger partial charge in [0.05, 0.1) is 0 Å². The summed E-state index contributed by atoms with van der Waals surface area (Å²) >= 11 is 3.29. The van der Waals surface area contributed by atoms with E-state index in [0.717, 1.165) is 25.0 Å². The molecule has 2 heterocycles. The van der Waals surface area contributed by atoms with Gasteiger partial charge in [-0.2, -0.15) is 13.9 Å². The van der Waals surface area contributed by atoms with Crippen molar-refractivity contribution in [2.75, 3.05) is 6.61 Å². The van der Waals surface area contributed by atoms with Crippen LogP contribution in [0.15, 0.2) is 34.8 Å². The number of hydrogen-bond acceptors (Lipinski definition) is 4. The van der Waals surface area contributed by atoms with Crippen molar-refractivity contribution in [1.82, 2.24) is 9.78 Å². The fraction of sp³-hybridized carbons (Fsp3) is 0.300. The van der Waals surface area contributed by atoms with Crippen LogP contribution in [0.2, 0.25) is 0 Å². The molecule has 0 radical (unpaired) electrons. The fourth-order valence-corrected chi connectivity index (χ4v) is 4.08. The van der Waals surface area contributed by atoms with E-state index in [4.69, 9.17) is 15.2 Å². The molecule has 2 aromatic carbocycles. The number of alkyl halides is 2. The molecule has 4 rings (SSSR count). The van der Waals surface area contributed by atoms with Gasteiger partial charge in [0.2, 0.25) is 5.91 Å². The number of nitrogens with zero attached hydrogens (tertiary/aromatic N) is 2. The zero-order chi connectivity index (χ0) is 21.4. The van der Waals surface area contributed by atoms with Crippen LogP contribution in [-0.4, -0.2) is 28.9 Å². The maximum atomic E-state index is 14.0. The first-order valence-electron chi connectivity index (χ1n) is 9.23. The van der Waals surface area contributed by atoms with Crippen LogP contribution in [0.5, 0.6) is 5.75 Å². The number of carbonyl (C=O) groups is 1. The van der Waals surface area contributed by atoms with E-state index < -0.39 is 24.6 Å². The van der Waals surface area contributed by atoms with E-state index in [1.54, 1.807) is 6.07 Å². The van der Waals surface area contributed by atoms with E-state index in [9.17, 15) is 18.0 Å². The number of ether oxygens (including phenoxy) is 2. The lowest BCUT2D eigenvalue weighted by Crippen LogP contribution is -2.19. The summed E-state index contributed by atoms with van der Waals surface area (Å²) in [5.74, 6) is -1.47. The molecule has 1 aliphatic rings. The highest BCUT2D eigenvalue weighted by Crippen LogP contribution is 2.40. The summed E-state index contributed by atoms with van der Waals surface area (Å²) in [5, 5.41) is 4.94. The molecule has 1 unspecified atom stereocenters. The van der Waals surface area contributed by atoms with Gasteiger partial charge in [0, 0.05) is 27.6 Å². The number of rotatable bonds is 5. The molecule has 0 bridgehead atoms. The summed E-state index contributed by atoms with van der Waals surface area (Å²) < 4.78 is 52.7. The molecular weight excluding hydrogens is 467 g/mol. The summed E-state index contributed by atoms with van der Waals surface area (Å²) in [7, 11) is 0. The van der Waals surface area contributed by atoms with Crippen LogP contribution >= 0.6 is 15.9 Å². The fourth-order valence-electron chi connectivity index (χ4n) is 3.64. The predicted octanol–water partition coefficient (Wildman–Crippen LogP) is 5.00. The Morgan fingerprint density at radius 1 is 1.30 bits per heavy atom. The molecule has 3 aromatic rings. The second-order valence-corrected chi connectivity index (χ2v) is 7.76. The second-order valence-electron chi connectivity index (χ2n) is 6.85. The maximum absolute atomic E-state index is 14.0. The Labute approximate surface area is 177 Å². The van der Waals surface area contributed by atoms with Crippen LogP contribution in [0.4, 0.5) is 13.2 Å². The van der Waals surface area contributed by atoms with E-state index in [-0.39, 0.29) is 28.1 Å². The summed E-state index contributed by atoms with van der Waals surface area (Å²) in [6.45, 7) is -2.56. The molecular formula is C20H17BrF3N3O3. The average molecular weight is 484 g/mol. The van der Waals surface area contributed by atoms with Gasteiger partial charge in [-0.05, 0) is 49.6 Å². The van der Waals surface area contributed by atoms with Crippen molar-refractivity contribution >= 4 is 32.7 Å². The molecule has 10 heteroatoms. The number of fused-ring (bicyclic) bond motifs is 1. The Hall–Kier alpha value is -2.59. The van der Waals surface area contributed by atoms with Crippen LogP contribution < -0.4 is 10.5 Å². The molecule has 6 nitrogen and oxygen atoms in total. The molecule has 1 amide bonds. The lowest BCUT2D eigenvalue weighted by Gasteiger charge is -2.24. The van der Waals surface area contributed by atoms with Gasteiger partial charge in [0.25, 0.3) is 0 Å². The lowest BCUT2D eigenvalue weighted by atomic mass is 10.0. The smallest absolute Gasteiger partial charge is 0.387 e. The summed E-state index contributed by atoms with van der Waals surface area (Å²) in [6.07, 6.45) is 1.85. The van der Waals surface area contributed by atoms with Gasteiger partial charge < -0.3 is 15.2 Å². The normalized spacial score (nSPS) is 16.9. The predicted molar refractivity (Wildman–Crippen MR) is 107 cm³/mol. The van der Waals surface area contributed by atoms with Crippen LogP contribution in [0.1, 0.15) is 35.8 Å². The number of hydrogen-bond donors (Lipinski definition) is 1. The van der Waals surface area contributed by atoms with Crippen molar-refractivity contribution in [3.8, 4) is 17.0 Å². The molecule has 1 fully saturated rings. The number of benzene rings is 2.